The average Bonchev–Trinajstić information content (AvgIpc) is 3.60. The molecular formula is C28H30O11. The van der Waals surface area contributed by atoms with E-state index in [1.807, 2.05) is 0 Å². The molecule has 0 unspecified atom stereocenters. The van der Waals surface area contributed by atoms with Crippen molar-refractivity contribution < 1.29 is 51.6 Å². The van der Waals surface area contributed by atoms with Crippen molar-refractivity contribution in [1.29, 1.82) is 0 Å². The van der Waals surface area contributed by atoms with Crippen LogP contribution in [0.5, 0.6) is 34.5 Å². The Labute approximate surface area is 224 Å². The molecule has 2 heterocycles. The molecule has 0 aliphatic carbocycles. The number of carbonyl (C=O) groups excluding carboxylic acids is 2. The maximum atomic E-state index is 12.5. The van der Waals surface area contributed by atoms with Crippen LogP contribution in [0.1, 0.15) is 34.6 Å². The van der Waals surface area contributed by atoms with Gasteiger partial charge in [0.25, 0.3) is 0 Å². The Kier molecular flexibility index (Phi) is 8.50. The molecule has 4 rings (SSSR count). The maximum absolute atomic E-state index is 12.5. The molecule has 0 aliphatic rings. The third-order valence-corrected chi connectivity index (χ3v) is 6.02. The minimum absolute atomic E-state index is 0.100. The number of hydrogen-bond donors (Lipinski definition) is 0. The second kappa shape index (κ2) is 12.0. The first-order valence-electron chi connectivity index (χ1n) is 12.0. The van der Waals surface area contributed by atoms with Gasteiger partial charge in [-0.2, -0.15) is 0 Å². The molecule has 208 valence electrons. The maximum Gasteiger partial charge on any atom is 0.205 e. The van der Waals surface area contributed by atoms with E-state index < -0.39 is 0 Å². The Balaban J connectivity index is 1.44. The highest BCUT2D eigenvalue weighted by molar-refractivity contribution is 6.09. The van der Waals surface area contributed by atoms with Gasteiger partial charge >= 0.3 is 0 Å². The second-order valence-corrected chi connectivity index (χ2v) is 8.29. The summed E-state index contributed by atoms with van der Waals surface area (Å²) in [6.45, 7) is 3.38. The van der Waals surface area contributed by atoms with Crippen LogP contribution >= 0.6 is 0 Å². The quantitative estimate of drug-likeness (QED) is 0.156. The summed E-state index contributed by atoms with van der Waals surface area (Å²) in [6, 6.07) is 3.41. The van der Waals surface area contributed by atoms with Crippen molar-refractivity contribution in [2.45, 2.75) is 13.8 Å². The SMILES string of the molecule is COc1c(C(C)=O)c(OCCOCCOc2c(C(C)=O)c(OC)c3occc3c2OC)c(OC)c2occc12. The number of Topliss-reactive ketones (excluding diaryl/α,β-unsaturated/α-hetero) is 2. The van der Waals surface area contributed by atoms with Crippen LogP contribution in [0.25, 0.3) is 21.9 Å². The van der Waals surface area contributed by atoms with Crippen molar-refractivity contribution in [1.82, 2.24) is 0 Å². The van der Waals surface area contributed by atoms with Crippen molar-refractivity contribution in [3.8, 4) is 34.5 Å². The van der Waals surface area contributed by atoms with Crippen molar-refractivity contribution in [3.63, 3.8) is 0 Å². The van der Waals surface area contributed by atoms with E-state index in [-0.39, 0.29) is 72.1 Å². The number of ketones is 2. The molecule has 0 N–H and O–H groups in total. The van der Waals surface area contributed by atoms with Gasteiger partial charge in [-0.1, -0.05) is 0 Å². The fourth-order valence-electron chi connectivity index (χ4n) is 4.45. The van der Waals surface area contributed by atoms with Gasteiger partial charge in [-0.3, -0.25) is 9.59 Å². The van der Waals surface area contributed by atoms with Gasteiger partial charge in [0.05, 0.1) is 65.0 Å². The van der Waals surface area contributed by atoms with Crippen molar-refractivity contribution in [2.24, 2.45) is 0 Å². The standard InChI is InChI=1S/C28H30O11/c1-15(29)19-21(31-3)17-7-9-37-24(17)28(34-6)27(19)39-14-12-35-11-13-38-26-20(16(2)30)25(33-5)23-18(8-10-36-23)22(26)32-4/h7-10H,11-14H2,1-6H3. The Morgan fingerprint density at radius 3 is 1.51 bits per heavy atom. The summed E-state index contributed by atoms with van der Waals surface area (Å²) in [5.74, 6) is 1.19. The third kappa shape index (κ3) is 5.05. The summed E-state index contributed by atoms with van der Waals surface area (Å²) in [5.41, 5.74) is 1.26. The van der Waals surface area contributed by atoms with E-state index in [1.54, 1.807) is 12.1 Å². The zero-order valence-electron chi connectivity index (χ0n) is 22.6. The molecule has 0 spiro atoms. The van der Waals surface area contributed by atoms with Gasteiger partial charge in [-0.25, -0.2) is 0 Å². The molecule has 0 amide bonds. The first-order chi connectivity index (χ1) is 18.9. The number of carbonyl (C=O) groups is 2. The van der Waals surface area contributed by atoms with Gasteiger partial charge in [0.15, 0.2) is 45.7 Å². The molecule has 0 bridgehead atoms. The van der Waals surface area contributed by atoms with Gasteiger partial charge in [-0.15, -0.1) is 0 Å². The number of rotatable bonds is 14. The summed E-state index contributed by atoms with van der Waals surface area (Å²) >= 11 is 0. The van der Waals surface area contributed by atoms with Gasteiger partial charge < -0.3 is 42.0 Å². The molecule has 0 saturated heterocycles. The lowest BCUT2D eigenvalue weighted by Crippen LogP contribution is -2.15. The lowest BCUT2D eigenvalue weighted by Gasteiger charge is -2.18. The minimum atomic E-state index is -0.271. The molecule has 2 aromatic carbocycles. The van der Waals surface area contributed by atoms with Crippen LogP contribution in [0.2, 0.25) is 0 Å². The van der Waals surface area contributed by atoms with Gasteiger partial charge in [-0.05, 0) is 26.0 Å². The van der Waals surface area contributed by atoms with E-state index in [0.717, 1.165) is 0 Å². The van der Waals surface area contributed by atoms with Gasteiger partial charge in [0, 0.05) is 0 Å². The molecule has 0 atom stereocenters. The monoisotopic (exact) mass is 542 g/mol. The van der Waals surface area contributed by atoms with Crippen LogP contribution in [0, 0.1) is 0 Å². The van der Waals surface area contributed by atoms with Crippen LogP contribution in [-0.4, -0.2) is 66.4 Å². The second-order valence-electron chi connectivity index (χ2n) is 8.29. The van der Waals surface area contributed by atoms with Crippen LogP contribution in [0.3, 0.4) is 0 Å². The van der Waals surface area contributed by atoms with Crippen molar-refractivity contribution in [2.75, 3.05) is 54.9 Å². The third-order valence-electron chi connectivity index (χ3n) is 6.02. The summed E-state index contributed by atoms with van der Waals surface area (Å²) in [4.78, 5) is 25.0. The highest BCUT2D eigenvalue weighted by Crippen LogP contribution is 2.47. The largest absolute Gasteiger partial charge is 0.495 e. The molecule has 11 heteroatoms. The average molecular weight is 543 g/mol. The minimum Gasteiger partial charge on any atom is -0.495 e. The van der Waals surface area contributed by atoms with E-state index in [0.29, 0.717) is 33.4 Å². The summed E-state index contributed by atoms with van der Waals surface area (Å²) in [5, 5.41) is 1.22. The topological polar surface area (TPSA) is 125 Å². The van der Waals surface area contributed by atoms with Crippen LogP contribution in [0.15, 0.2) is 33.5 Å². The number of fused-ring (bicyclic) bond motifs is 2. The first-order valence-corrected chi connectivity index (χ1v) is 12.0. The fraction of sp³-hybridized carbons (Fsp3) is 0.357. The molecular weight excluding hydrogens is 512 g/mol. The van der Waals surface area contributed by atoms with Crippen molar-refractivity contribution >= 4 is 33.5 Å². The van der Waals surface area contributed by atoms with E-state index >= 15 is 0 Å². The molecule has 39 heavy (non-hydrogen) atoms. The van der Waals surface area contributed by atoms with Crippen molar-refractivity contribution in [3.05, 3.63) is 35.8 Å². The highest BCUT2D eigenvalue weighted by atomic mass is 16.6. The predicted octanol–water partition coefficient (Wildman–Crippen LogP) is 5.09. The highest BCUT2D eigenvalue weighted by Gasteiger charge is 2.28. The molecule has 0 aliphatic heterocycles. The smallest absolute Gasteiger partial charge is 0.205 e. The Morgan fingerprint density at radius 1 is 0.590 bits per heavy atom. The molecule has 0 radical (unpaired) electrons. The number of furan rings is 2. The number of benzene rings is 2. The van der Waals surface area contributed by atoms with E-state index in [1.165, 1.54) is 54.8 Å². The fourth-order valence-corrected chi connectivity index (χ4v) is 4.45. The molecule has 4 aromatic rings. The van der Waals surface area contributed by atoms with E-state index in [4.69, 9.17) is 42.0 Å². The molecule has 0 saturated carbocycles. The van der Waals surface area contributed by atoms with Gasteiger partial charge in [0.1, 0.15) is 30.1 Å². The van der Waals surface area contributed by atoms with Crippen LogP contribution in [-0.2, 0) is 4.74 Å². The number of ether oxygens (including phenoxy) is 7. The van der Waals surface area contributed by atoms with Crippen LogP contribution < -0.4 is 28.4 Å². The van der Waals surface area contributed by atoms with Crippen LogP contribution in [0.4, 0.5) is 0 Å². The molecule has 0 fully saturated rings. The summed E-state index contributed by atoms with van der Waals surface area (Å²) in [7, 11) is 5.88. The Hall–Kier alpha value is -4.38. The lowest BCUT2D eigenvalue weighted by atomic mass is 10.0. The molecule has 11 nitrogen and oxygen atoms in total. The Bertz CT molecular complexity index is 1380. The van der Waals surface area contributed by atoms with E-state index in [2.05, 4.69) is 0 Å². The number of methoxy groups -OCH3 is 4. The van der Waals surface area contributed by atoms with E-state index in [9.17, 15) is 9.59 Å². The lowest BCUT2D eigenvalue weighted by molar-refractivity contribution is 0.0738. The number of hydrogen-bond acceptors (Lipinski definition) is 11. The Morgan fingerprint density at radius 2 is 1.03 bits per heavy atom. The van der Waals surface area contributed by atoms with Gasteiger partial charge in [0.2, 0.25) is 5.75 Å². The molecule has 2 aromatic heterocycles. The summed E-state index contributed by atoms with van der Waals surface area (Å²) < 4.78 is 50.6. The predicted molar refractivity (Wildman–Crippen MR) is 140 cm³/mol. The zero-order chi connectivity index (χ0) is 28.1. The zero-order valence-corrected chi connectivity index (χ0v) is 22.6. The first kappa shape index (κ1) is 27.6. The summed E-state index contributed by atoms with van der Waals surface area (Å²) in [6.07, 6.45) is 2.97. The normalized spacial score (nSPS) is 11.0.